The number of amides is 1. The van der Waals surface area contributed by atoms with Gasteiger partial charge in [0.15, 0.2) is 0 Å². The first-order chi connectivity index (χ1) is 8.68. The van der Waals surface area contributed by atoms with Crippen LogP contribution in [0.5, 0.6) is 0 Å². The molecule has 1 fully saturated rings. The minimum Gasteiger partial charge on any atom is -0.352 e. The third-order valence-corrected chi connectivity index (χ3v) is 5.22. The Hall–Kier alpha value is -1.38. The zero-order chi connectivity index (χ0) is 14.4. The van der Waals surface area contributed by atoms with Gasteiger partial charge in [0, 0.05) is 12.1 Å². The van der Waals surface area contributed by atoms with Crippen LogP contribution >= 0.6 is 0 Å². The molecule has 1 amide bonds. The van der Waals surface area contributed by atoms with Gasteiger partial charge in [-0.2, -0.15) is 0 Å². The third kappa shape index (κ3) is 2.26. The lowest BCUT2D eigenvalue weighted by atomic mass is 10.0. The molecule has 0 saturated heterocycles. The Labute approximate surface area is 114 Å². The van der Waals surface area contributed by atoms with Crippen LogP contribution in [0.3, 0.4) is 0 Å². The number of carbonyl (C=O) groups excluding carboxylic acids is 1. The van der Waals surface area contributed by atoms with E-state index in [0.29, 0.717) is 23.6 Å². The predicted molar refractivity (Wildman–Crippen MR) is 74.5 cm³/mol. The number of benzene rings is 1. The number of rotatable bonds is 3. The molecule has 1 N–H and O–H groups in total. The average Bonchev–Trinajstić information content (AvgIpc) is 2.66. The molecule has 0 spiro atoms. The van der Waals surface area contributed by atoms with Gasteiger partial charge in [0.05, 0.1) is 0 Å². The minimum atomic E-state index is -0.307. The summed E-state index contributed by atoms with van der Waals surface area (Å²) in [4.78, 5) is 12.1. The Kier molecular flexibility index (Phi) is 3.20. The number of carbonyl (C=O) groups is 1. The summed E-state index contributed by atoms with van der Waals surface area (Å²) in [7, 11) is 0. The van der Waals surface area contributed by atoms with E-state index in [1.807, 2.05) is 0 Å². The second-order valence-electron chi connectivity index (χ2n) is 6.67. The third-order valence-electron chi connectivity index (χ3n) is 5.22. The van der Waals surface area contributed by atoms with Gasteiger partial charge in [0.2, 0.25) is 0 Å². The molecule has 3 heteroatoms. The van der Waals surface area contributed by atoms with E-state index in [1.54, 1.807) is 13.0 Å². The zero-order valence-corrected chi connectivity index (χ0v) is 12.3. The highest BCUT2D eigenvalue weighted by molar-refractivity contribution is 5.95. The fourth-order valence-corrected chi connectivity index (χ4v) is 3.02. The first-order valence-electron chi connectivity index (χ1n) is 6.72. The highest BCUT2D eigenvalue weighted by Gasteiger charge is 2.64. The number of halogens is 1. The number of aryl methyl sites for hydroxylation is 1. The molecule has 1 aromatic rings. The monoisotopic (exact) mass is 263 g/mol. The summed E-state index contributed by atoms with van der Waals surface area (Å²) in [5.41, 5.74) is 1.75. The Bertz CT molecular complexity index is 505. The van der Waals surface area contributed by atoms with Crippen LogP contribution in [0, 0.1) is 29.5 Å². The Balaban J connectivity index is 2.00. The summed E-state index contributed by atoms with van der Waals surface area (Å²) in [6.07, 6.45) is 0. The molecule has 1 aliphatic rings. The lowest BCUT2D eigenvalue weighted by Gasteiger charge is -2.08. The molecule has 0 radical (unpaired) electrons. The van der Waals surface area contributed by atoms with Crippen molar-refractivity contribution in [1.29, 1.82) is 0 Å². The normalized spacial score (nSPS) is 20.1. The molecule has 1 aliphatic carbocycles. The van der Waals surface area contributed by atoms with Crippen LogP contribution in [-0.4, -0.2) is 12.5 Å². The van der Waals surface area contributed by atoms with Gasteiger partial charge < -0.3 is 5.32 Å². The standard InChI is InChI=1S/C16H22FNO/c1-10-8-11(17)6-7-12(10)14(19)18-9-13-15(2,3)16(13,4)5/h6-8,13H,9H2,1-5H3,(H,18,19). The summed E-state index contributed by atoms with van der Waals surface area (Å²) in [6.45, 7) is 11.3. The molecule has 0 atom stereocenters. The molecule has 1 saturated carbocycles. The minimum absolute atomic E-state index is 0.115. The van der Waals surface area contributed by atoms with Gasteiger partial charge in [0.1, 0.15) is 5.82 Å². The van der Waals surface area contributed by atoms with Crippen molar-refractivity contribution in [1.82, 2.24) is 5.32 Å². The van der Waals surface area contributed by atoms with Crippen molar-refractivity contribution in [3.63, 3.8) is 0 Å². The van der Waals surface area contributed by atoms with Gasteiger partial charge in [-0.05, 0) is 47.4 Å². The maximum absolute atomic E-state index is 13.0. The highest BCUT2D eigenvalue weighted by atomic mass is 19.1. The molecule has 2 nitrogen and oxygen atoms in total. The number of hydrogen-bond donors (Lipinski definition) is 1. The summed E-state index contributed by atoms with van der Waals surface area (Å²) in [5, 5.41) is 2.97. The molecule has 0 bridgehead atoms. The van der Waals surface area contributed by atoms with Gasteiger partial charge in [-0.15, -0.1) is 0 Å². The van der Waals surface area contributed by atoms with Crippen LogP contribution in [0.2, 0.25) is 0 Å². The fourth-order valence-electron chi connectivity index (χ4n) is 3.02. The Morgan fingerprint density at radius 2 is 1.84 bits per heavy atom. The lowest BCUT2D eigenvalue weighted by Crippen LogP contribution is -2.27. The van der Waals surface area contributed by atoms with Crippen molar-refractivity contribution in [3.8, 4) is 0 Å². The van der Waals surface area contributed by atoms with Crippen LogP contribution in [-0.2, 0) is 0 Å². The summed E-state index contributed by atoms with van der Waals surface area (Å²) >= 11 is 0. The Morgan fingerprint density at radius 3 is 2.32 bits per heavy atom. The molecule has 1 aromatic carbocycles. The average molecular weight is 263 g/mol. The van der Waals surface area contributed by atoms with E-state index in [9.17, 15) is 9.18 Å². The highest BCUT2D eigenvalue weighted by Crippen LogP contribution is 2.67. The van der Waals surface area contributed by atoms with E-state index in [0.717, 1.165) is 0 Å². The van der Waals surface area contributed by atoms with E-state index in [1.165, 1.54) is 12.1 Å². The maximum Gasteiger partial charge on any atom is 0.251 e. The van der Waals surface area contributed by atoms with E-state index >= 15 is 0 Å². The summed E-state index contributed by atoms with van der Waals surface area (Å²) in [5.74, 6) is 0.0687. The lowest BCUT2D eigenvalue weighted by molar-refractivity contribution is 0.0949. The van der Waals surface area contributed by atoms with Crippen molar-refractivity contribution >= 4 is 5.91 Å². The zero-order valence-electron chi connectivity index (χ0n) is 12.3. The van der Waals surface area contributed by atoms with Crippen LogP contribution in [0.4, 0.5) is 4.39 Å². The second-order valence-corrected chi connectivity index (χ2v) is 6.67. The van der Waals surface area contributed by atoms with Crippen LogP contribution in [0.25, 0.3) is 0 Å². The van der Waals surface area contributed by atoms with Crippen molar-refractivity contribution in [2.45, 2.75) is 34.6 Å². The SMILES string of the molecule is Cc1cc(F)ccc1C(=O)NCC1C(C)(C)C1(C)C. The van der Waals surface area contributed by atoms with Crippen LogP contribution < -0.4 is 5.32 Å². The van der Waals surface area contributed by atoms with Crippen LogP contribution in [0.15, 0.2) is 18.2 Å². The van der Waals surface area contributed by atoms with E-state index in [2.05, 4.69) is 33.0 Å². The smallest absolute Gasteiger partial charge is 0.251 e. The number of hydrogen-bond acceptors (Lipinski definition) is 1. The first-order valence-corrected chi connectivity index (χ1v) is 6.72. The molecule has 0 unspecified atom stereocenters. The molecule has 104 valence electrons. The van der Waals surface area contributed by atoms with Crippen molar-refractivity contribution in [2.24, 2.45) is 16.7 Å². The van der Waals surface area contributed by atoms with Crippen molar-refractivity contribution < 1.29 is 9.18 Å². The molecule has 0 aromatic heterocycles. The second kappa shape index (κ2) is 4.32. The van der Waals surface area contributed by atoms with Gasteiger partial charge in [0.25, 0.3) is 5.91 Å². The molecule has 19 heavy (non-hydrogen) atoms. The van der Waals surface area contributed by atoms with Gasteiger partial charge in [-0.1, -0.05) is 27.7 Å². The topological polar surface area (TPSA) is 29.1 Å². The van der Waals surface area contributed by atoms with Gasteiger partial charge >= 0.3 is 0 Å². The van der Waals surface area contributed by atoms with Crippen molar-refractivity contribution in [2.75, 3.05) is 6.54 Å². The summed E-state index contributed by atoms with van der Waals surface area (Å²) < 4.78 is 13.0. The quantitative estimate of drug-likeness (QED) is 0.887. The van der Waals surface area contributed by atoms with E-state index < -0.39 is 0 Å². The molecular formula is C16H22FNO. The molecule has 2 rings (SSSR count). The number of nitrogens with one attached hydrogen (secondary N) is 1. The Morgan fingerprint density at radius 1 is 1.26 bits per heavy atom. The molecule has 0 aliphatic heterocycles. The molecule has 0 heterocycles. The maximum atomic E-state index is 13.0. The van der Waals surface area contributed by atoms with E-state index in [-0.39, 0.29) is 22.6 Å². The van der Waals surface area contributed by atoms with Gasteiger partial charge in [-0.25, -0.2) is 4.39 Å². The van der Waals surface area contributed by atoms with Crippen LogP contribution in [0.1, 0.15) is 43.6 Å². The molecular weight excluding hydrogens is 241 g/mol. The van der Waals surface area contributed by atoms with Crippen molar-refractivity contribution in [3.05, 3.63) is 35.1 Å². The first kappa shape index (κ1) is 14.0. The predicted octanol–water partition coefficient (Wildman–Crippen LogP) is 3.55. The van der Waals surface area contributed by atoms with Gasteiger partial charge in [-0.3, -0.25) is 4.79 Å². The summed E-state index contributed by atoms with van der Waals surface area (Å²) in [6, 6.07) is 4.26. The largest absolute Gasteiger partial charge is 0.352 e. The fraction of sp³-hybridized carbons (Fsp3) is 0.562. The van der Waals surface area contributed by atoms with E-state index in [4.69, 9.17) is 0 Å².